The van der Waals surface area contributed by atoms with Crippen molar-refractivity contribution in [2.24, 2.45) is 5.84 Å². The third-order valence-electron chi connectivity index (χ3n) is 3.99. The molecule has 0 saturated carbocycles. The molecule has 0 aliphatic heterocycles. The summed E-state index contributed by atoms with van der Waals surface area (Å²) in [5.41, 5.74) is 7.71. The molecule has 0 fully saturated rings. The molecule has 2 aromatic carbocycles. The summed E-state index contributed by atoms with van der Waals surface area (Å²) < 4.78 is 19.7. The van der Waals surface area contributed by atoms with Crippen molar-refractivity contribution in [1.82, 2.24) is 9.97 Å². The predicted octanol–water partition coefficient (Wildman–Crippen LogP) is 4.50. The lowest BCUT2D eigenvalue weighted by atomic mass is 10.0. The van der Waals surface area contributed by atoms with E-state index in [9.17, 15) is 4.39 Å². The first-order chi connectivity index (χ1) is 12.8. The van der Waals surface area contributed by atoms with Crippen LogP contribution in [-0.2, 0) is 0 Å². The van der Waals surface area contributed by atoms with Crippen LogP contribution < -0.4 is 21.3 Å². The summed E-state index contributed by atoms with van der Waals surface area (Å²) >= 11 is 12.2. The third kappa shape index (κ3) is 3.62. The van der Waals surface area contributed by atoms with Gasteiger partial charge in [-0.15, -0.1) is 0 Å². The van der Waals surface area contributed by atoms with E-state index < -0.39 is 5.82 Å². The van der Waals surface area contributed by atoms with Crippen molar-refractivity contribution in [3.05, 3.63) is 58.2 Å². The number of benzene rings is 2. The molecular weight excluding hydrogens is 392 g/mol. The van der Waals surface area contributed by atoms with Crippen LogP contribution in [0.1, 0.15) is 5.69 Å². The zero-order chi connectivity index (χ0) is 19.7. The minimum Gasteiger partial charge on any atom is -0.497 e. The maximum absolute atomic E-state index is 14.5. The summed E-state index contributed by atoms with van der Waals surface area (Å²) in [4.78, 5) is 8.43. The molecule has 0 radical (unpaired) electrons. The number of nitrogens with zero attached hydrogens (tertiary/aromatic N) is 3. The van der Waals surface area contributed by atoms with Crippen LogP contribution in [0.15, 0.2) is 36.7 Å². The van der Waals surface area contributed by atoms with E-state index in [0.717, 1.165) is 11.1 Å². The lowest BCUT2D eigenvalue weighted by molar-refractivity contribution is 0.415. The van der Waals surface area contributed by atoms with Gasteiger partial charge >= 0.3 is 0 Å². The average Bonchev–Trinajstić information content (AvgIpc) is 2.61. The zero-order valence-corrected chi connectivity index (χ0v) is 16.0. The van der Waals surface area contributed by atoms with Crippen molar-refractivity contribution in [1.29, 1.82) is 0 Å². The van der Waals surface area contributed by atoms with Gasteiger partial charge < -0.3 is 10.5 Å². The van der Waals surface area contributed by atoms with Crippen LogP contribution in [-0.4, -0.2) is 17.1 Å². The van der Waals surface area contributed by atoms with Gasteiger partial charge in [0.2, 0.25) is 0 Å². The van der Waals surface area contributed by atoms with Gasteiger partial charge in [-0.1, -0.05) is 23.2 Å². The van der Waals surface area contributed by atoms with Crippen molar-refractivity contribution in [3.63, 3.8) is 0 Å². The fourth-order valence-corrected chi connectivity index (χ4v) is 3.21. The Morgan fingerprint density at radius 2 is 1.89 bits per heavy atom. The Labute approximate surface area is 165 Å². The minimum atomic E-state index is -0.675. The van der Waals surface area contributed by atoms with Crippen LogP contribution in [0.4, 0.5) is 21.6 Å². The molecule has 0 saturated heterocycles. The Balaban J connectivity index is 2.20. The number of halogens is 3. The van der Waals surface area contributed by atoms with Crippen molar-refractivity contribution in [3.8, 4) is 16.9 Å². The minimum absolute atomic E-state index is 0.0524. The molecule has 0 bridgehead atoms. The topological polar surface area (TPSA) is 90.3 Å². The number of methoxy groups -OCH3 is 1. The molecule has 0 spiro atoms. The van der Waals surface area contributed by atoms with Crippen molar-refractivity contribution < 1.29 is 9.13 Å². The average molecular weight is 408 g/mol. The molecule has 4 N–H and O–H groups in total. The Morgan fingerprint density at radius 1 is 1.15 bits per heavy atom. The highest BCUT2D eigenvalue weighted by Gasteiger charge is 2.22. The lowest BCUT2D eigenvalue weighted by Gasteiger charge is -2.23. The molecule has 3 rings (SSSR count). The summed E-state index contributed by atoms with van der Waals surface area (Å²) in [6.45, 7) is 1.77. The van der Waals surface area contributed by atoms with Gasteiger partial charge in [0.05, 0.1) is 23.5 Å². The highest BCUT2D eigenvalue weighted by Crippen LogP contribution is 2.40. The molecule has 1 heterocycles. The van der Waals surface area contributed by atoms with Gasteiger partial charge in [0.15, 0.2) is 11.6 Å². The first kappa shape index (κ1) is 19.2. The van der Waals surface area contributed by atoms with Crippen molar-refractivity contribution in [2.45, 2.75) is 6.92 Å². The SMILES string of the molecule is COc1ccc(-c2c(C)ncnc2N(N)c2c(N)cc(Cl)cc2F)c(Cl)c1. The first-order valence-corrected chi connectivity index (χ1v) is 8.54. The smallest absolute Gasteiger partial charge is 0.159 e. The highest BCUT2D eigenvalue weighted by atomic mass is 35.5. The number of aryl methyl sites for hydroxylation is 1. The molecule has 0 aliphatic rings. The second kappa shape index (κ2) is 7.56. The number of hydrazine groups is 1. The molecule has 9 heteroatoms. The van der Waals surface area contributed by atoms with Gasteiger partial charge in [-0.05, 0) is 37.3 Å². The van der Waals surface area contributed by atoms with E-state index >= 15 is 0 Å². The molecule has 1 aromatic heterocycles. The van der Waals surface area contributed by atoms with E-state index in [0.29, 0.717) is 27.6 Å². The van der Waals surface area contributed by atoms with E-state index in [1.807, 2.05) is 0 Å². The van der Waals surface area contributed by atoms with Crippen LogP contribution >= 0.6 is 23.2 Å². The molecular formula is C18H16Cl2FN5O. The van der Waals surface area contributed by atoms with E-state index in [-0.39, 0.29) is 22.2 Å². The zero-order valence-electron chi connectivity index (χ0n) is 14.5. The summed E-state index contributed by atoms with van der Waals surface area (Å²) in [7, 11) is 1.54. The van der Waals surface area contributed by atoms with Gasteiger partial charge in [-0.25, -0.2) is 20.2 Å². The molecule has 0 amide bonds. The highest BCUT2D eigenvalue weighted by molar-refractivity contribution is 6.33. The van der Waals surface area contributed by atoms with Gasteiger partial charge in [0, 0.05) is 16.1 Å². The van der Waals surface area contributed by atoms with E-state index in [4.69, 9.17) is 39.5 Å². The maximum Gasteiger partial charge on any atom is 0.159 e. The van der Waals surface area contributed by atoms with E-state index in [1.54, 1.807) is 32.2 Å². The molecule has 140 valence electrons. The molecule has 6 nitrogen and oxygen atoms in total. The monoisotopic (exact) mass is 407 g/mol. The number of nitrogens with two attached hydrogens (primary N) is 2. The number of aromatic nitrogens is 2. The quantitative estimate of drug-likeness (QED) is 0.375. The molecule has 0 aliphatic carbocycles. The van der Waals surface area contributed by atoms with Gasteiger partial charge in [-0.3, -0.25) is 5.01 Å². The Kier molecular flexibility index (Phi) is 5.36. The second-order valence-corrected chi connectivity index (χ2v) is 6.54. The number of rotatable bonds is 4. The molecule has 27 heavy (non-hydrogen) atoms. The van der Waals surface area contributed by atoms with E-state index in [2.05, 4.69) is 9.97 Å². The summed E-state index contributed by atoms with van der Waals surface area (Å²) in [6.07, 6.45) is 1.33. The van der Waals surface area contributed by atoms with Crippen LogP contribution in [0.3, 0.4) is 0 Å². The van der Waals surface area contributed by atoms with Crippen molar-refractivity contribution >= 4 is 40.4 Å². The lowest BCUT2D eigenvalue weighted by Crippen LogP contribution is -2.29. The van der Waals surface area contributed by atoms with Crippen molar-refractivity contribution in [2.75, 3.05) is 17.9 Å². The van der Waals surface area contributed by atoms with Gasteiger partial charge in [0.25, 0.3) is 0 Å². The number of ether oxygens (including phenoxy) is 1. The Hall–Kier alpha value is -2.61. The molecule has 0 unspecified atom stereocenters. The Bertz CT molecular complexity index is 992. The van der Waals surface area contributed by atoms with Gasteiger partial charge in [-0.2, -0.15) is 0 Å². The fourth-order valence-electron chi connectivity index (χ4n) is 2.73. The summed E-state index contributed by atoms with van der Waals surface area (Å²) in [6, 6.07) is 7.70. The number of hydrogen-bond acceptors (Lipinski definition) is 6. The van der Waals surface area contributed by atoms with E-state index in [1.165, 1.54) is 12.4 Å². The normalized spacial score (nSPS) is 10.7. The first-order valence-electron chi connectivity index (χ1n) is 7.78. The molecule has 3 aromatic rings. The van der Waals surface area contributed by atoms with Gasteiger partial charge in [0.1, 0.15) is 17.8 Å². The third-order valence-corrected chi connectivity index (χ3v) is 4.52. The van der Waals surface area contributed by atoms with Crippen LogP contribution in [0.25, 0.3) is 11.1 Å². The van der Waals surface area contributed by atoms with Crippen LogP contribution in [0.2, 0.25) is 10.0 Å². The predicted molar refractivity (Wildman–Crippen MR) is 106 cm³/mol. The number of hydrogen-bond donors (Lipinski definition) is 2. The van der Waals surface area contributed by atoms with Crippen LogP contribution in [0.5, 0.6) is 5.75 Å². The largest absolute Gasteiger partial charge is 0.497 e. The molecule has 0 atom stereocenters. The Morgan fingerprint density at radius 3 is 2.52 bits per heavy atom. The number of nitrogen functional groups attached to an aromatic ring is 1. The second-order valence-electron chi connectivity index (χ2n) is 5.70. The van der Waals surface area contributed by atoms with Crippen LogP contribution in [0, 0.1) is 12.7 Å². The summed E-state index contributed by atoms with van der Waals surface area (Å²) in [5.74, 6) is 6.35. The maximum atomic E-state index is 14.5. The standard InChI is InChI=1S/C18H16Cl2FN5O/c1-9-16(12-4-3-11(27-2)7-13(12)20)18(25-8-24-9)26(23)17-14(21)5-10(19)6-15(17)22/h3-8H,22-23H2,1-2H3. The number of anilines is 3. The summed E-state index contributed by atoms with van der Waals surface area (Å²) in [5, 5.41) is 1.64. The fraction of sp³-hybridized carbons (Fsp3) is 0.111.